The van der Waals surface area contributed by atoms with Gasteiger partial charge in [-0.05, 0) is 23.6 Å². The van der Waals surface area contributed by atoms with Crippen molar-refractivity contribution in [2.24, 2.45) is 5.10 Å². The van der Waals surface area contributed by atoms with Gasteiger partial charge in [0.25, 0.3) is 0 Å². The maximum atomic E-state index is 5.69. The van der Waals surface area contributed by atoms with E-state index >= 15 is 0 Å². The molecule has 0 unspecified atom stereocenters. The number of fused-ring (bicyclic) bond motifs is 2. The zero-order chi connectivity index (χ0) is 14.8. The van der Waals surface area contributed by atoms with E-state index in [9.17, 15) is 0 Å². The van der Waals surface area contributed by atoms with Gasteiger partial charge < -0.3 is 4.74 Å². The van der Waals surface area contributed by atoms with Crippen LogP contribution in [-0.4, -0.2) is 22.8 Å². The third kappa shape index (κ3) is 2.44. The van der Waals surface area contributed by atoms with Crippen LogP contribution in [0.5, 0.6) is 5.75 Å². The minimum atomic E-state index is 0.514. The second-order valence-electron chi connectivity index (χ2n) is 4.78. The number of para-hydroxylation sites is 1. The summed E-state index contributed by atoms with van der Waals surface area (Å²) >= 11 is 1.58. The minimum absolute atomic E-state index is 0.514. The van der Waals surface area contributed by atoms with Crippen LogP contribution in [0.25, 0.3) is 16.3 Å². The van der Waals surface area contributed by atoms with Gasteiger partial charge in [0.2, 0.25) is 0 Å². The number of nitrogens with zero attached hydrogens (tertiary/aromatic N) is 3. The highest BCUT2D eigenvalue weighted by Gasteiger charge is 2.09. The SMILES string of the molecule is C1=C(/C=N/Nc2ncnc3sccc23)COc2ccccc21. The molecule has 0 atom stereocenters. The Labute approximate surface area is 131 Å². The van der Waals surface area contributed by atoms with Crippen LogP contribution < -0.4 is 10.2 Å². The Morgan fingerprint density at radius 3 is 3.18 bits per heavy atom. The standard InChI is InChI=1S/C16H12N4OS/c1-2-4-14-12(3-1)7-11(9-21-14)8-19-20-15-13-5-6-22-16(13)18-10-17-15/h1-8,10H,9H2,(H,17,18,20)/b19-8+. The molecule has 0 fully saturated rings. The highest BCUT2D eigenvalue weighted by atomic mass is 32.1. The smallest absolute Gasteiger partial charge is 0.158 e. The van der Waals surface area contributed by atoms with E-state index in [0.29, 0.717) is 12.4 Å². The van der Waals surface area contributed by atoms with Crippen LogP contribution in [-0.2, 0) is 0 Å². The van der Waals surface area contributed by atoms with Gasteiger partial charge in [0.1, 0.15) is 23.5 Å². The predicted octanol–water partition coefficient (Wildman–Crippen LogP) is 3.57. The molecule has 0 aliphatic carbocycles. The number of ether oxygens (including phenoxy) is 1. The molecule has 0 saturated heterocycles. The predicted molar refractivity (Wildman–Crippen MR) is 89.4 cm³/mol. The summed E-state index contributed by atoms with van der Waals surface area (Å²) in [5.41, 5.74) is 5.04. The van der Waals surface area contributed by atoms with Gasteiger partial charge in [-0.15, -0.1) is 11.3 Å². The Morgan fingerprint density at radius 1 is 1.23 bits per heavy atom. The maximum Gasteiger partial charge on any atom is 0.158 e. The molecule has 0 amide bonds. The molecule has 22 heavy (non-hydrogen) atoms. The molecule has 1 aliphatic rings. The molecular formula is C16H12N4OS. The molecule has 3 aromatic rings. The van der Waals surface area contributed by atoms with Crippen LogP contribution in [0.1, 0.15) is 5.56 Å². The lowest BCUT2D eigenvalue weighted by Crippen LogP contribution is -2.08. The first-order chi connectivity index (χ1) is 10.9. The highest BCUT2D eigenvalue weighted by Crippen LogP contribution is 2.25. The summed E-state index contributed by atoms with van der Waals surface area (Å²) in [5.74, 6) is 1.61. The number of hydrogen-bond acceptors (Lipinski definition) is 6. The molecule has 0 bridgehead atoms. The zero-order valence-corrected chi connectivity index (χ0v) is 12.4. The molecule has 3 heterocycles. The van der Waals surface area contributed by atoms with Crippen molar-refractivity contribution in [2.45, 2.75) is 0 Å². The molecule has 1 aromatic carbocycles. The first-order valence-electron chi connectivity index (χ1n) is 6.80. The van der Waals surface area contributed by atoms with Crippen molar-refractivity contribution in [1.82, 2.24) is 9.97 Å². The topological polar surface area (TPSA) is 59.4 Å². The number of hydrazone groups is 1. The van der Waals surface area contributed by atoms with Gasteiger partial charge in [-0.25, -0.2) is 9.97 Å². The number of hydrogen-bond donors (Lipinski definition) is 1. The van der Waals surface area contributed by atoms with Gasteiger partial charge in [0.05, 0.1) is 11.6 Å². The van der Waals surface area contributed by atoms with Crippen molar-refractivity contribution < 1.29 is 4.74 Å². The number of rotatable bonds is 3. The monoisotopic (exact) mass is 308 g/mol. The molecule has 1 N–H and O–H groups in total. The molecule has 5 nitrogen and oxygen atoms in total. The van der Waals surface area contributed by atoms with Crippen LogP contribution in [0.15, 0.2) is 52.7 Å². The summed E-state index contributed by atoms with van der Waals surface area (Å²) in [4.78, 5) is 9.37. The molecule has 2 aromatic heterocycles. The fourth-order valence-electron chi connectivity index (χ4n) is 2.26. The van der Waals surface area contributed by atoms with Crippen molar-refractivity contribution in [3.05, 3.63) is 53.2 Å². The summed E-state index contributed by atoms with van der Waals surface area (Å²) < 4.78 is 5.69. The number of benzene rings is 1. The summed E-state index contributed by atoms with van der Waals surface area (Å²) in [6.07, 6.45) is 5.37. The van der Waals surface area contributed by atoms with Crippen LogP contribution in [0.3, 0.4) is 0 Å². The maximum absolute atomic E-state index is 5.69. The van der Waals surface area contributed by atoms with E-state index < -0.39 is 0 Å². The summed E-state index contributed by atoms with van der Waals surface area (Å²) in [6, 6.07) is 9.93. The third-order valence-electron chi connectivity index (χ3n) is 3.32. The average molecular weight is 308 g/mol. The van der Waals surface area contributed by atoms with Gasteiger partial charge in [-0.2, -0.15) is 5.10 Å². The second-order valence-corrected chi connectivity index (χ2v) is 5.67. The van der Waals surface area contributed by atoms with E-state index in [-0.39, 0.29) is 0 Å². The molecular weight excluding hydrogens is 296 g/mol. The van der Waals surface area contributed by atoms with Crippen molar-refractivity contribution in [3.63, 3.8) is 0 Å². The van der Waals surface area contributed by atoms with Gasteiger partial charge in [-0.1, -0.05) is 18.2 Å². The molecule has 108 valence electrons. The number of aromatic nitrogens is 2. The Kier molecular flexibility index (Phi) is 3.29. The van der Waals surface area contributed by atoms with Gasteiger partial charge in [0.15, 0.2) is 5.82 Å². The lowest BCUT2D eigenvalue weighted by Gasteiger charge is -2.15. The van der Waals surface area contributed by atoms with Crippen molar-refractivity contribution in [3.8, 4) is 5.75 Å². The number of thiophene rings is 1. The van der Waals surface area contributed by atoms with Gasteiger partial charge >= 0.3 is 0 Å². The van der Waals surface area contributed by atoms with E-state index in [0.717, 1.165) is 27.1 Å². The Morgan fingerprint density at radius 2 is 2.18 bits per heavy atom. The fourth-order valence-corrected chi connectivity index (χ4v) is 3.00. The summed E-state index contributed by atoms with van der Waals surface area (Å²) in [6.45, 7) is 0.514. The van der Waals surface area contributed by atoms with Gasteiger partial charge in [-0.3, -0.25) is 5.43 Å². The second kappa shape index (κ2) is 5.57. The average Bonchev–Trinajstić information content (AvgIpc) is 3.04. The molecule has 6 heteroatoms. The van der Waals surface area contributed by atoms with E-state index in [1.54, 1.807) is 17.6 Å². The van der Waals surface area contributed by atoms with Gasteiger partial charge in [0, 0.05) is 11.1 Å². The minimum Gasteiger partial charge on any atom is -0.488 e. The van der Waals surface area contributed by atoms with Crippen molar-refractivity contribution in [2.75, 3.05) is 12.0 Å². The van der Waals surface area contributed by atoms with Crippen molar-refractivity contribution >= 4 is 39.7 Å². The third-order valence-corrected chi connectivity index (χ3v) is 4.14. The number of anilines is 1. The summed E-state index contributed by atoms with van der Waals surface area (Å²) in [5, 5.41) is 7.22. The normalized spacial score (nSPS) is 13.7. The quantitative estimate of drug-likeness (QED) is 0.593. The van der Waals surface area contributed by atoms with E-state index in [2.05, 4.69) is 26.6 Å². The fraction of sp³-hybridized carbons (Fsp3) is 0.0625. The largest absolute Gasteiger partial charge is 0.488 e. The van der Waals surface area contributed by atoms with E-state index in [1.165, 1.54) is 6.33 Å². The molecule has 1 aliphatic heterocycles. The van der Waals surface area contributed by atoms with Crippen LogP contribution in [0.2, 0.25) is 0 Å². The first-order valence-corrected chi connectivity index (χ1v) is 7.68. The Bertz CT molecular complexity index is 884. The van der Waals surface area contributed by atoms with Crippen LogP contribution >= 0.6 is 11.3 Å². The van der Waals surface area contributed by atoms with E-state index in [1.807, 2.05) is 35.7 Å². The van der Waals surface area contributed by atoms with E-state index in [4.69, 9.17) is 4.74 Å². The zero-order valence-electron chi connectivity index (χ0n) is 11.6. The van der Waals surface area contributed by atoms with Crippen LogP contribution in [0.4, 0.5) is 5.82 Å². The Hall–Kier alpha value is -2.73. The number of nitrogens with one attached hydrogen (secondary N) is 1. The molecule has 0 radical (unpaired) electrons. The van der Waals surface area contributed by atoms with Crippen molar-refractivity contribution in [1.29, 1.82) is 0 Å². The first kappa shape index (κ1) is 13.0. The molecule has 0 saturated carbocycles. The lowest BCUT2D eigenvalue weighted by atomic mass is 10.1. The summed E-state index contributed by atoms with van der Waals surface area (Å²) in [7, 11) is 0. The lowest BCUT2D eigenvalue weighted by molar-refractivity contribution is 0.353. The molecule has 0 spiro atoms. The van der Waals surface area contributed by atoms with Crippen LogP contribution in [0, 0.1) is 0 Å². The Balaban J connectivity index is 1.54. The molecule has 4 rings (SSSR count). The highest BCUT2D eigenvalue weighted by molar-refractivity contribution is 7.16.